The number of aliphatic imine (C=N–C) groups is 1. The van der Waals surface area contributed by atoms with Gasteiger partial charge in [0.05, 0.1) is 35.9 Å². The Morgan fingerprint density at radius 2 is 1.88 bits per heavy atom. The molecule has 8 nitrogen and oxygen atoms in total. The molecule has 0 saturated carbocycles. The summed E-state index contributed by atoms with van der Waals surface area (Å²) in [4.78, 5) is 23.8. The third-order valence-corrected chi connectivity index (χ3v) is 7.70. The summed E-state index contributed by atoms with van der Waals surface area (Å²) in [6.07, 6.45) is 7.56. The van der Waals surface area contributed by atoms with Crippen molar-refractivity contribution in [3.05, 3.63) is 71.4 Å². The number of piperidine rings is 1. The number of para-hydroxylation sites is 1. The Labute approximate surface area is 198 Å². The fraction of sp³-hybridized carbons (Fsp3) is 0.385. The lowest BCUT2D eigenvalue weighted by Gasteiger charge is -2.41. The Bertz CT molecular complexity index is 1300. The van der Waals surface area contributed by atoms with Crippen LogP contribution in [0.1, 0.15) is 47.9 Å². The van der Waals surface area contributed by atoms with Gasteiger partial charge in [0.25, 0.3) is 0 Å². The smallest absolute Gasteiger partial charge is 0.156 e. The molecule has 0 amide bonds. The molecule has 0 aliphatic carbocycles. The van der Waals surface area contributed by atoms with Crippen molar-refractivity contribution in [3.8, 4) is 5.75 Å². The number of amidine groups is 1. The van der Waals surface area contributed by atoms with Gasteiger partial charge in [0.2, 0.25) is 0 Å². The number of aryl methyl sites for hydroxylation is 1. The SMILES string of the molecule is N[C@H]1c2ccccc2OC12CCN(c1cnc3c(n1)CN=C3N1CCCc3ncccc31)CC2. The number of fused-ring (bicyclic) bond motifs is 3. The third kappa shape index (κ3) is 2.94. The highest BCUT2D eigenvalue weighted by Gasteiger charge is 2.48. The highest BCUT2D eigenvalue weighted by atomic mass is 16.5. The maximum atomic E-state index is 6.64. The van der Waals surface area contributed by atoms with Crippen molar-refractivity contribution < 1.29 is 4.74 Å². The predicted molar refractivity (Wildman–Crippen MR) is 130 cm³/mol. The van der Waals surface area contributed by atoms with Crippen LogP contribution in [0.15, 0.2) is 53.8 Å². The second-order valence-electron chi connectivity index (χ2n) is 9.56. The van der Waals surface area contributed by atoms with E-state index in [0.717, 1.165) is 91.1 Å². The Morgan fingerprint density at radius 1 is 1.00 bits per heavy atom. The Morgan fingerprint density at radius 3 is 2.76 bits per heavy atom. The van der Waals surface area contributed by atoms with E-state index < -0.39 is 0 Å². The number of hydrogen-bond acceptors (Lipinski definition) is 8. The van der Waals surface area contributed by atoms with E-state index in [1.165, 1.54) is 0 Å². The molecule has 1 saturated heterocycles. The summed E-state index contributed by atoms with van der Waals surface area (Å²) >= 11 is 0. The number of nitrogens with zero attached hydrogens (tertiary/aromatic N) is 6. The molecule has 2 aromatic heterocycles. The zero-order chi connectivity index (χ0) is 22.7. The molecule has 1 spiro atoms. The van der Waals surface area contributed by atoms with E-state index in [1.54, 1.807) is 0 Å². The first-order valence-corrected chi connectivity index (χ1v) is 12.1. The van der Waals surface area contributed by atoms with E-state index in [9.17, 15) is 0 Å². The lowest BCUT2D eigenvalue weighted by atomic mass is 9.83. The van der Waals surface area contributed by atoms with Crippen LogP contribution in [0.5, 0.6) is 5.75 Å². The molecule has 34 heavy (non-hydrogen) atoms. The summed E-state index contributed by atoms with van der Waals surface area (Å²) in [6, 6.07) is 12.2. The lowest BCUT2D eigenvalue weighted by molar-refractivity contribution is 0.0431. The maximum absolute atomic E-state index is 6.64. The van der Waals surface area contributed by atoms with Gasteiger partial charge in [-0.25, -0.2) is 9.97 Å². The maximum Gasteiger partial charge on any atom is 0.156 e. The molecule has 0 radical (unpaired) electrons. The molecule has 3 aromatic rings. The standard InChI is InChI=1S/C26H27N7O/c27-24-17-5-1-2-8-21(17)34-26(24)9-13-32(14-10-26)22-16-29-23-19(31-22)15-30-25(23)33-12-4-6-18-20(33)7-3-11-28-18/h1-3,5,7-8,11,16,24H,4,6,9-10,12-15,27H2/t24-/m0/s1. The third-order valence-electron chi connectivity index (χ3n) is 7.70. The van der Waals surface area contributed by atoms with E-state index in [0.29, 0.717) is 6.54 Å². The lowest BCUT2D eigenvalue weighted by Crippen LogP contribution is -2.51. The molecule has 6 heterocycles. The minimum absolute atomic E-state index is 0.0881. The fourth-order valence-corrected chi connectivity index (χ4v) is 5.84. The molecular formula is C26H27N7O. The number of rotatable bonds is 1. The van der Waals surface area contributed by atoms with Gasteiger partial charge in [0.15, 0.2) is 5.84 Å². The number of benzene rings is 1. The van der Waals surface area contributed by atoms with E-state index in [1.807, 2.05) is 36.7 Å². The second-order valence-corrected chi connectivity index (χ2v) is 9.56. The topological polar surface area (TPSA) is 92.8 Å². The molecule has 0 unspecified atom stereocenters. The molecule has 4 aliphatic heterocycles. The van der Waals surface area contributed by atoms with Crippen LogP contribution in [0.3, 0.4) is 0 Å². The van der Waals surface area contributed by atoms with Gasteiger partial charge in [0.1, 0.15) is 22.9 Å². The van der Waals surface area contributed by atoms with Crippen LogP contribution in [-0.2, 0) is 13.0 Å². The van der Waals surface area contributed by atoms with Crippen molar-refractivity contribution in [1.82, 2.24) is 15.0 Å². The Balaban J connectivity index is 1.09. The van der Waals surface area contributed by atoms with Gasteiger partial charge >= 0.3 is 0 Å². The van der Waals surface area contributed by atoms with Crippen molar-refractivity contribution in [2.45, 2.75) is 43.9 Å². The van der Waals surface area contributed by atoms with Crippen LogP contribution in [0.2, 0.25) is 0 Å². The summed E-state index contributed by atoms with van der Waals surface area (Å²) in [7, 11) is 0. The molecule has 4 aliphatic rings. The van der Waals surface area contributed by atoms with Crippen LogP contribution in [0, 0.1) is 0 Å². The summed E-state index contributed by atoms with van der Waals surface area (Å²) in [5, 5.41) is 0. The molecule has 1 atom stereocenters. The fourth-order valence-electron chi connectivity index (χ4n) is 5.84. The van der Waals surface area contributed by atoms with E-state index in [-0.39, 0.29) is 11.6 Å². The molecule has 0 bridgehead atoms. The van der Waals surface area contributed by atoms with E-state index in [4.69, 9.17) is 25.4 Å². The van der Waals surface area contributed by atoms with E-state index >= 15 is 0 Å². The van der Waals surface area contributed by atoms with Crippen LogP contribution < -0.4 is 20.3 Å². The first-order chi connectivity index (χ1) is 16.7. The Kier molecular flexibility index (Phi) is 4.39. The zero-order valence-electron chi connectivity index (χ0n) is 19.0. The summed E-state index contributed by atoms with van der Waals surface area (Å²) in [6.45, 7) is 3.18. The molecule has 1 aromatic carbocycles. The van der Waals surface area contributed by atoms with Gasteiger partial charge in [-0.05, 0) is 31.0 Å². The Hall–Kier alpha value is -3.52. The zero-order valence-corrected chi connectivity index (χ0v) is 19.0. The largest absolute Gasteiger partial charge is 0.485 e. The van der Waals surface area contributed by atoms with Crippen molar-refractivity contribution in [1.29, 1.82) is 0 Å². The van der Waals surface area contributed by atoms with Crippen LogP contribution in [0.4, 0.5) is 11.5 Å². The van der Waals surface area contributed by atoms with Gasteiger partial charge in [-0.2, -0.15) is 0 Å². The molecule has 8 heteroatoms. The molecule has 7 rings (SSSR count). The highest BCUT2D eigenvalue weighted by molar-refractivity contribution is 6.11. The highest BCUT2D eigenvalue weighted by Crippen LogP contribution is 2.47. The molecule has 1 fully saturated rings. The van der Waals surface area contributed by atoms with Crippen molar-refractivity contribution in [2.75, 3.05) is 29.4 Å². The number of pyridine rings is 1. The molecular weight excluding hydrogens is 426 g/mol. The number of aromatic nitrogens is 3. The van der Waals surface area contributed by atoms with Crippen LogP contribution in [-0.4, -0.2) is 46.0 Å². The number of hydrogen-bond donors (Lipinski definition) is 1. The minimum Gasteiger partial charge on any atom is -0.485 e. The number of anilines is 2. The second kappa shape index (κ2) is 7.50. The van der Waals surface area contributed by atoms with E-state index in [2.05, 4.69) is 26.9 Å². The quantitative estimate of drug-likeness (QED) is 0.605. The molecule has 172 valence electrons. The molecule has 2 N–H and O–H groups in total. The normalized spacial score (nSPS) is 22.1. The summed E-state index contributed by atoms with van der Waals surface area (Å²) in [5.74, 6) is 2.76. The van der Waals surface area contributed by atoms with Crippen LogP contribution >= 0.6 is 0 Å². The van der Waals surface area contributed by atoms with Crippen molar-refractivity contribution >= 4 is 17.3 Å². The predicted octanol–water partition coefficient (Wildman–Crippen LogP) is 3.02. The van der Waals surface area contributed by atoms with Gasteiger partial charge in [0, 0.05) is 44.2 Å². The summed E-state index contributed by atoms with van der Waals surface area (Å²) in [5.41, 5.74) is 11.5. The average molecular weight is 454 g/mol. The summed E-state index contributed by atoms with van der Waals surface area (Å²) < 4.78 is 6.40. The van der Waals surface area contributed by atoms with Gasteiger partial charge < -0.3 is 20.3 Å². The first-order valence-electron chi connectivity index (χ1n) is 12.1. The van der Waals surface area contributed by atoms with Crippen molar-refractivity contribution in [3.63, 3.8) is 0 Å². The number of ether oxygens (including phenoxy) is 1. The van der Waals surface area contributed by atoms with Gasteiger partial charge in [-0.3, -0.25) is 9.98 Å². The van der Waals surface area contributed by atoms with Gasteiger partial charge in [-0.15, -0.1) is 0 Å². The van der Waals surface area contributed by atoms with Crippen molar-refractivity contribution in [2.24, 2.45) is 10.7 Å². The van der Waals surface area contributed by atoms with Crippen LogP contribution in [0.25, 0.3) is 0 Å². The van der Waals surface area contributed by atoms with Gasteiger partial charge in [-0.1, -0.05) is 18.2 Å². The first kappa shape index (κ1) is 19.9. The minimum atomic E-state index is -0.323. The average Bonchev–Trinajstić information content (AvgIpc) is 3.43. The number of nitrogens with two attached hydrogens (primary N) is 1. The monoisotopic (exact) mass is 453 g/mol.